The third-order valence-corrected chi connectivity index (χ3v) is 3.98. The van der Waals surface area contributed by atoms with Crippen LogP contribution < -0.4 is 5.32 Å². The van der Waals surface area contributed by atoms with Crippen molar-refractivity contribution in [3.05, 3.63) is 16.9 Å². The lowest BCUT2D eigenvalue weighted by Gasteiger charge is -2.39. The number of halogens is 1. The maximum absolute atomic E-state index is 12.6. The number of aromatic nitrogens is 2. The Balaban J connectivity index is 2.43. The van der Waals surface area contributed by atoms with Gasteiger partial charge < -0.3 is 4.90 Å². The van der Waals surface area contributed by atoms with Crippen molar-refractivity contribution in [2.24, 2.45) is 0 Å². The van der Waals surface area contributed by atoms with E-state index in [9.17, 15) is 14.4 Å². The number of imide groups is 1. The topological polar surface area (TPSA) is 92.3 Å². The van der Waals surface area contributed by atoms with Crippen LogP contribution in [0.3, 0.4) is 0 Å². The maximum atomic E-state index is 12.6. The second-order valence-corrected chi connectivity index (χ2v) is 6.06. The van der Waals surface area contributed by atoms with Gasteiger partial charge in [0.25, 0.3) is 11.8 Å². The molecule has 1 aromatic rings. The number of carbonyl (C=O) groups excluding carboxylic acids is 3. The van der Waals surface area contributed by atoms with Crippen molar-refractivity contribution >= 4 is 41.1 Å². The van der Waals surface area contributed by atoms with Crippen molar-refractivity contribution in [3.63, 3.8) is 0 Å². The number of hydrogen-bond acceptors (Lipinski definition) is 6. The van der Waals surface area contributed by atoms with Gasteiger partial charge in [0.1, 0.15) is 12.1 Å². The zero-order valence-corrected chi connectivity index (χ0v) is 13.2. The van der Waals surface area contributed by atoms with E-state index in [1.165, 1.54) is 18.0 Å². The van der Waals surface area contributed by atoms with E-state index >= 15 is 0 Å². The van der Waals surface area contributed by atoms with Crippen LogP contribution in [0.25, 0.3) is 0 Å². The molecule has 7 nitrogen and oxygen atoms in total. The van der Waals surface area contributed by atoms with E-state index in [-0.39, 0.29) is 17.3 Å². The summed E-state index contributed by atoms with van der Waals surface area (Å²) in [5.74, 6) is -1.66. The minimum absolute atomic E-state index is 0.0217. The first-order valence-electron chi connectivity index (χ1n) is 6.00. The number of rotatable bonds is 2. The van der Waals surface area contributed by atoms with Crippen molar-refractivity contribution in [2.45, 2.75) is 24.5 Å². The molecule has 0 spiro atoms. The molecule has 0 atom stereocenters. The number of nitrogens with zero attached hydrogens (tertiary/aromatic N) is 3. The molecule has 2 rings (SSSR count). The Labute approximate surface area is 130 Å². The lowest BCUT2D eigenvalue weighted by molar-refractivity contribution is -0.143. The first kappa shape index (κ1) is 15.7. The SMILES string of the molecule is CSc1ncc(Cl)c(C(=O)N2CC(=O)NC(=O)C2(C)C)n1. The average Bonchev–Trinajstić information content (AvgIpc) is 2.43. The molecule has 1 fully saturated rings. The van der Waals surface area contributed by atoms with Crippen molar-refractivity contribution in [2.75, 3.05) is 12.8 Å². The molecule has 1 aliphatic rings. The molecule has 0 aromatic carbocycles. The van der Waals surface area contributed by atoms with Gasteiger partial charge in [-0.3, -0.25) is 19.7 Å². The van der Waals surface area contributed by atoms with Crippen LogP contribution in [-0.4, -0.2) is 50.9 Å². The molecule has 0 saturated carbocycles. The smallest absolute Gasteiger partial charge is 0.275 e. The second-order valence-electron chi connectivity index (χ2n) is 4.88. The Morgan fingerprint density at radius 3 is 2.76 bits per heavy atom. The quantitative estimate of drug-likeness (QED) is 0.489. The lowest BCUT2D eigenvalue weighted by atomic mass is 9.98. The van der Waals surface area contributed by atoms with Gasteiger partial charge in [0.15, 0.2) is 10.9 Å². The number of amides is 3. The summed E-state index contributed by atoms with van der Waals surface area (Å²) >= 11 is 7.22. The molecular formula is C12H13ClN4O3S. The summed E-state index contributed by atoms with van der Waals surface area (Å²) in [6, 6.07) is 0. The minimum atomic E-state index is -1.17. The van der Waals surface area contributed by atoms with Gasteiger partial charge in [0.05, 0.1) is 11.2 Å². The zero-order valence-electron chi connectivity index (χ0n) is 11.6. The minimum Gasteiger partial charge on any atom is -0.314 e. The Hall–Kier alpha value is -1.67. The highest BCUT2D eigenvalue weighted by Gasteiger charge is 2.44. The van der Waals surface area contributed by atoms with E-state index in [0.29, 0.717) is 5.16 Å². The number of hydrogen-bond donors (Lipinski definition) is 1. The van der Waals surface area contributed by atoms with Gasteiger partial charge in [-0.05, 0) is 20.1 Å². The summed E-state index contributed by atoms with van der Waals surface area (Å²) in [5, 5.41) is 2.66. The molecule has 1 aliphatic heterocycles. The van der Waals surface area contributed by atoms with E-state index < -0.39 is 23.3 Å². The van der Waals surface area contributed by atoms with Crippen molar-refractivity contribution in [1.82, 2.24) is 20.2 Å². The molecular weight excluding hydrogens is 316 g/mol. The van der Waals surface area contributed by atoms with E-state index in [1.807, 2.05) is 0 Å². The predicted molar refractivity (Wildman–Crippen MR) is 77.1 cm³/mol. The fourth-order valence-electron chi connectivity index (χ4n) is 1.84. The fraction of sp³-hybridized carbons (Fsp3) is 0.417. The maximum Gasteiger partial charge on any atom is 0.275 e. The molecule has 1 aromatic heterocycles. The molecule has 0 bridgehead atoms. The van der Waals surface area contributed by atoms with Crippen molar-refractivity contribution in [1.29, 1.82) is 0 Å². The second kappa shape index (κ2) is 5.61. The van der Waals surface area contributed by atoms with E-state index in [1.54, 1.807) is 20.1 Å². The Bertz CT molecular complexity index is 635. The number of thioether (sulfide) groups is 1. The molecule has 0 unspecified atom stereocenters. The number of piperazine rings is 1. The van der Waals surface area contributed by atoms with Crippen LogP contribution in [0.5, 0.6) is 0 Å². The van der Waals surface area contributed by atoms with Crippen LogP contribution in [0.4, 0.5) is 0 Å². The lowest BCUT2D eigenvalue weighted by Crippen LogP contribution is -2.65. The summed E-state index contributed by atoms with van der Waals surface area (Å²) in [4.78, 5) is 45.2. The van der Waals surface area contributed by atoms with Crippen LogP contribution in [0.15, 0.2) is 11.4 Å². The van der Waals surface area contributed by atoms with E-state index in [4.69, 9.17) is 11.6 Å². The van der Waals surface area contributed by atoms with Crippen LogP contribution in [0.2, 0.25) is 5.02 Å². The largest absolute Gasteiger partial charge is 0.314 e. The fourth-order valence-corrected chi connectivity index (χ4v) is 2.35. The molecule has 9 heteroatoms. The molecule has 1 saturated heterocycles. The van der Waals surface area contributed by atoms with E-state index in [2.05, 4.69) is 15.3 Å². The molecule has 112 valence electrons. The van der Waals surface area contributed by atoms with Crippen molar-refractivity contribution < 1.29 is 14.4 Å². The van der Waals surface area contributed by atoms with Gasteiger partial charge in [0.2, 0.25) is 5.91 Å². The summed E-state index contributed by atoms with van der Waals surface area (Å²) in [7, 11) is 0. The van der Waals surface area contributed by atoms with Gasteiger partial charge in [-0.25, -0.2) is 9.97 Å². The van der Waals surface area contributed by atoms with Gasteiger partial charge in [-0.15, -0.1) is 0 Å². The van der Waals surface area contributed by atoms with Gasteiger partial charge in [-0.2, -0.15) is 0 Å². The van der Waals surface area contributed by atoms with Crippen molar-refractivity contribution in [3.8, 4) is 0 Å². The van der Waals surface area contributed by atoms with Gasteiger partial charge in [0, 0.05) is 0 Å². The standard InChI is InChI=1S/C12H13ClN4O3S/c1-12(2)10(20)15-7(18)5-17(12)9(19)8-6(13)4-14-11(16-8)21-3/h4H,5H2,1-3H3,(H,15,18,20). The molecule has 21 heavy (non-hydrogen) atoms. The third-order valence-electron chi connectivity index (χ3n) is 3.14. The van der Waals surface area contributed by atoms with Crippen LogP contribution in [0.1, 0.15) is 24.3 Å². The third kappa shape index (κ3) is 2.86. The van der Waals surface area contributed by atoms with Gasteiger partial charge in [-0.1, -0.05) is 23.4 Å². The first-order chi connectivity index (χ1) is 9.77. The van der Waals surface area contributed by atoms with Gasteiger partial charge >= 0.3 is 0 Å². The Kier molecular flexibility index (Phi) is 4.20. The summed E-state index contributed by atoms with van der Waals surface area (Å²) in [5.41, 5.74) is -1.19. The van der Waals surface area contributed by atoms with Crippen LogP contribution in [0, 0.1) is 0 Å². The van der Waals surface area contributed by atoms with Crippen LogP contribution in [-0.2, 0) is 9.59 Å². The Morgan fingerprint density at radius 2 is 2.14 bits per heavy atom. The summed E-state index contributed by atoms with van der Waals surface area (Å²) in [6.07, 6.45) is 3.09. The first-order valence-corrected chi connectivity index (χ1v) is 7.60. The monoisotopic (exact) mass is 328 g/mol. The molecule has 1 N–H and O–H groups in total. The normalized spacial score (nSPS) is 17.6. The highest BCUT2D eigenvalue weighted by molar-refractivity contribution is 7.98. The predicted octanol–water partition coefficient (Wildman–Crippen LogP) is 0.729. The summed E-state index contributed by atoms with van der Waals surface area (Å²) < 4.78 is 0. The zero-order chi connectivity index (χ0) is 15.8. The number of nitrogens with one attached hydrogen (secondary N) is 1. The average molecular weight is 329 g/mol. The summed E-state index contributed by atoms with van der Waals surface area (Å²) in [6.45, 7) is 2.88. The highest BCUT2D eigenvalue weighted by Crippen LogP contribution is 2.24. The molecule has 3 amide bonds. The van der Waals surface area contributed by atoms with E-state index in [0.717, 1.165) is 4.90 Å². The number of carbonyl (C=O) groups is 3. The molecule has 0 aliphatic carbocycles. The Morgan fingerprint density at radius 1 is 1.48 bits per heavy atom. The highest BCUT2D eigenvalue weighted by atomic mass is 35.5. The van der Waals surface area contributed by atoms with Crippen LogP contribution >= 0.6 is 23.4 Å². The molecule has 0 radical (unpaired) electrons. The molecule has 2 heterocycles.